The monoisotopic (exact) mass is 914 g/mol. The van der Waals surface area contributed by atoms with Crippen molar-refractivity contribution in [3.05, 3.63) is 48.1 Å². The lowest BCUT2D eigenvalue weighted by Crippen LogP contribution is -2.45. The molecule has 5 rings (SSSR count). The fraction of sp³-hybridized carbons (Fsp3) is 0.605. The van der Waals surface area contributed by atoms with Gasteiger partial charge in [0.25, 0.3) is 0 Å². The molecule has 7 N–H and O–H groups in total. The Morgan fingerprint density at radius 3 is 2.29 bits per heavy atom. The van der Waals surface area contributed by atoms with E-state index in [1.807, 2.05) is 22.7 Å². The molecule has 0 saturated carbocycles. The van der Waals surface area contributed by atoms with Gasteiger partial charge in [-0.05, 0) is 63.2 Å². The van der Waals surface area contributed by atoms with Crippen molar-refractivity contribution in [2.75, 3.05) is 87.5 Å². The number of hydrogen-bond acceptors (Lipinski definition) is 13. The fourth-order valence-electron chi connectivity index (χ4n) is 7.40. The topological polar surface area (TPSA) is 226 Å². The lowest BCUT2D eigenvalue weighted by Gasteiger charge is -2.33. The molecule has 20 heteroatoms. The third-order valence-electron chi connectivity index (χ3n) is 10.7. The number of hydrogen-bond donors (Lipinski definition) is 7. The number of para-hydroxylation sites is 2. The maximum absolute atomic E-state index is 13.0. The van der Waals surface area contributed by atoms with Gasteiger partial charge in [0, 0.05) is 75.7 Å². The number of urea groups is 1. The molecule has 4 heterocycles. The van der Waals surface area contributed by atoms with Gasteiger partial charge in [-0.25, -0.2) is 9.78 Å². The number of aromatic nitrogens is 2. The van der Waals surface area contributed by atoms with Gasteiger partial charge in [-0.15, -0.1) is 0 Å². The van der Waals surface area contributed by atoms with E-state index in [2.05, 4.69) is 53.8 Å². The number of unbranched alkanes of at least 4 members (excludes halogenated alkanes) is 1. The average Bonchev–Trinajstić information content (AvgIpc) is 3.84. The maximum atomic E-state index is 13.0. The largest absolute Gasteiger partial charge is 0.379 e. The Labute approximate surface area is 378 Å². The number of thioether (sulfide) groups is 1. The summed E-state index contributed by atoms with van der Waals surface area (Å²) in [5.74, 6) is 1.29. The number of anilines is 4. The molecule has 0 spiro atoms. The normalized spacial score (nSPS) is 19.1. The highest BCUT2D eigenvalue weighted by atomic mass is 35.5. The van der Waals surface area contributed by atoms with Crippen molar-refractivity contribution in [2.24, 2.45) is 0 Å². The summed E-state index contributed by atoms with van der Waals surface area (Å²) in [6, 6.07) is 7.47. The van der Waals surface area contributed by atoms with E-state index in [9.17, 15) is 24.0 Å². The molecule has 18 nitrogen and oxygen atoms in total. The smallest absolute Gasteiger partial charge is 0.315 e. The molecule has 3 aliphatic rings. The number of piperidine rings is 1. The third kappa shape index (κ3) is 17.8. The number of amides is 6. The molecule has 6 amide bonds. The number of ether oxygens (including phenoxy) is 3. The van der Waals surface area contributed by atoms with Gasteiger partial charge in [0.1, 0.15) is 5.02 Å². The van der Waals surface area contributed by atoms with E-state index in [0.29, 0.717) is 118 Å². The molecule has 0 bridgehead atoms. The zero-order valence-corrected chi connectivity index (χ0v) is 37.5. The summed E-state index contributed by atoms with van der Waals surface area (Å²) in [6.07, 6.45) is 10.1. The first kappa shape index (κ1) is 49.3. The van der Waals surface area contributed by atoms with Gasteiger partial charge in [0.15, 0.2) is 5.82 Å². The van der Waals surface area contributed by atoms with Crippen molar-refractivity contribution in [1.82, 2.24) is 36.1 Å². The summed E-state index contributed by atoms with van der Waals surface area (Å²) in [6.45, 7) is 8.56. The van der Waals surface area contributed by atoms with Crippen molar-refractivity contribution in [3.63, 3.8) is 0 Å². The molecule has 3 fully saturated rings. The Morgan fingerprint density at radius 1 is 0.889 bits per heavy atom. The number of nitrogens with zero attached hydrogens (tertiary/aromatic N) is 3. The first-order valence-electron chi connectivity index (χ1n) is 22.0. The highest BCUT2D eigenvalue weighted by Crippen LogP contribution is 2.33. The molecule has 1 aromatic carbocycles. The summed E-state index contributed by atoms with van der Waals surface area (Å²) in [5, 5.41) is 21.8. The van der Waals surface area contributed by atoms with Crippen LogP contribution in [0.1, 0.15) is 70.6 Å². The maximum Gasteiger partial charge on any atom is 0.315 e. The summed E-state index contributed by atoms with van der Waals surface area (Å²) in [4.78, 5) is 71.6. The Kier molecular flexibility index (Phi) is 21.5. The molecular weight excluding hydrogens is 852 g/mol. The van der Waals surface area contributed by atoms with Crippen LogP contribution >= 0.6 is 23.4 Å². The molecule has 63 heavy (non-hydrogen) atoms. The molecule has 0 aliphatic carbocycles. The molecular formula is C43H63ClN10O8S. The van der Waals surface area contributed by atoms with Crippen LogP contribution in [0.15, 0.2) is 43.1 Å². The molecule has 4 atom stereocenters. The first-order valence-corrected chi connectivity index (χ1v) is 23.4. The van der Waals surface area contributed by atoms with Gasteiger partial charge in [-0.3, -0.25) is 19.2 Å². The van der Waals surface area contributed by atoms with Gasteiger partial charge in [-0.2, -0.15) is 16.7 Å². The third-order valence-corrected chi connectivity index (χ3v) is 12.5. The summed E-state index contributed by atoms with van der Waals surface area (Å²) >= 11 is 8.30. The van der Waals surface area contributed by atoms with Crippen LogP contribution < -0.4 is 37.2 Å². The van der Waals surface area contributed by atoms with Crippen LogP contribution in [0.2, 0.25) is 5.02 Å². The van der Waals surface area contributed by atoms with E-state index in [1.54, 1.807) is 18.2 Å². The van der Waals surface area contributed by atoms with Crippen LogP contribution in [0.5, 0.6) is 0 Å². The van der Waals surface area contributed by atoms with Crippen LogP contribution in [-0.4, -0.2) is 139 Å². The minimum atomic E-state index is -0.346. The summed E-state index contributed by atoms with van der Waals surface area (Å²) < 4.78 is 16.7. The lowest BCUT2D eigenvalue weighted by atomic mass is 10.0. The molecule has 0 unspecified atom stereocenters. The Balaban J connectivity index is 0.803. The van der Waals surface area contributed by atoms with E-state index in [0.717, 1.165) is 44.3 Å². The van der Waals surface area contributed by atoms with E-state index < -0.39 is 0 Å². The van der Waals surface area contributed by atoms with Gasteiger partial charge in [0.05, 0.1) is 56.1 Å². The highest BCUT2D eigenvalue weighted by Gasteiger charge is 2.42. The van der Waals surface area contributed by atoms with Crippen molar-refractivity contribution in [2.45, 2.75) is 94.0 Å². The predicted octanol–water partition coefficient (Wildman–Crippen LogP) is 4.36. The molecule has 0 radical (unpaired) electrons. The number of fused-ring (bicyclic) bond motifs is 1. The molecule has 1 aromatic heterocycles. The van der Waals surface area contributed by atoms with Gasteiger partial charge < -0.3 is 56.3 Å². The van der Waals surface area contributed by atoms with E-state index in [-0.39, 0.29) is 60.6 Å². The van der Waals surface area contributed by atoms with Crippen molar-refractivity contribution in [1.29, 1.82) is 0 Å². The standard InChI is InChI=1S/C43H63ClN10O8S/c1-2-36(55)49-32-12-3-4-13-33(32)50-41-31(44)27-47-42(53-41)48-30-11-8-20-54(28-30)39(58)17-7-16-38(57)46-19-10-22-61-24-26-62-25-23-60-21-9-18-45-37(56)15-6-5-14-35-40-34(29-63-35)51-43(59)52-40/h2-4,12-13,27,30,34-35,40H,1,5-11,14-26,28-29H2,(H,45,56)(H,46,57)(H,49,55)(H2,51,52,59)(H2,47,48,50,53)/t30-,34-,35-,40-/m0/s1. The second kappa shape index (κ2) is 27.5. The highest BCUT2D eigenvalue weighted by molar-refractivity contribution is 8.00. The van der Waals surface area contributed by atoms with E-state index in [4.69, 9.17) is 25.8 Å². The van der Waals surface area contributed by atoms with Gasteiger partial charge in [-0.1, -0.05) is 36.7 Å². The molecule has 3 saturated heterocycles. The fourth-order valence-corrected chi connectivity index (χ4v) is 9.08. The number of likely N-dealkylation sites (tertiary alicyclic amines) is 1. The minimum absolute atomic E-state index is 0.00547. The van der Waals surface area contributed by atoms with Crippen molar-refractivity contribution < 1.29 is 38.2 Å². The molecule has 3 aliphatic heterocycles. The minimum Gasteiger partial charge on any atom is -0.379 e. The zero-order chi connectivity index (χ0) is 44.7. The molecule has 2 aromatic rings. The van der Waals surface area contributed by atoms with Crippen LogP contribution in [0, 0.1) is 0 Å². The Bertz CT molecular complexity index is 1810. The number of rotatable bonds is 29. The number of nitrogens with one attached hydrogen (secondary N) is 7. The quantitative estimate of drug-likeness (QED) is 0.0343. The van der Waals surface area contributed by atoms with Crippen LogP contribution in [0.3, 0.4) is 0 Å². The SMILES string of the molecule is C=CC(=O)Nc1ccccc1Nc1nc(N[C@H]2CCCN(C(=O)CCCC(=O)NCCCOCCOCCOCCCNC(=O)CCCC[C@@H]3SC[C@@H]4NC(=O)N[C@@H]43)C2)ncc1Cl. The average molecular weight is 916 g/mol. The lowest BCUT2D eigenvalue weighted by molar-refractivity contribution is -0.132. The van der Waals surface area contributed by atoms with Crippen molar-refractivity contribution >= 4 is 76.2 Å². The second-order valence-electron chi connectivity index (χ2n) is 15.5. The first-order chi connectivity index (χ1) is 30.7. The second-order valence-corrected chi connectivity index (χ2v) is 17.2. The Hall–Kier alpha value is -4.69. The molecule has 346 valence electrons. The van der Waals surface area contributed by atoms with Crippen LogP contribution in [0.25, 0.3) is 0 Å². The predicted molar refractivity (Wildman–Crippen MR) is 244 cm³/mol. The van der Waals surface area contributed by atoms with Crippen molar-refractivity contribution in [3.8, 4) is 0 Å². The number of carbonyl (C=O) groups is 5. The number of benzene rings is 1. The zero-order valence-electron chi connectivity index (χ0n) is 35.9. The summed E-state index contributed by atoms with van der Waals surface area (Å²) in [7, 11) is 0. The van der Waals surface area contributed by atoms with Gasteiger partial charge in [0.2, 0.25) is 29.6 Å². The van der Waals surface area contributed by atoms with Gasteiger partial charge >= 0.3 is 6.03 Å². The van der Waals surface area contributed by atoms with Crippen LogP contribution in [0.4, 0.5) is 27.9 Å². The van der Waals surface area contributed by atoms with E-state index >= 15 is 0 Å². The van der Waals surface area contributed by atoms with E-state index in [1.165, 1.54) is 12.3 Å². The Morgan fingerprint density at radius 2 is 1.57 bits per heavy atom. The number of halogens is 1. The summed E-state index contributed by atoms with van der Waals surface area (Å²) in [5.41, 5.74) is 1.13. The number of carbonyl (C=O) groups excluding carboxylic acids is 5. The van der Waals surface area contributed by atoms with Crippen LogP contribution in [-0.2, 0) is 33.4 Å².